The Hall–Kier alpha value is 0.690. The van der Waals surface area contributed by atoms with Gasteiger partial charge in [0, 0.05) is 10.5 Å². The molecule has 0 saturated carbocycles. The fraction of sp³-hybridized carbons (Fsp3) is 1.00. The van der Waals surface area contributed by atoms with Crippen LogP contribution in [0.1, 0.15) is 26.2 Å². The van der Waals surface area contributed by atoms with Crippen molar-refractivity contribution < 1.29 is 5.11 Å². The lowest BCUT2D eigenvalue weighted by Gasteiger charge is -1.98. The standard InChI is InChI=1S/C6H13IO/c1-6(7)4-2-3-5-8/h6,8H,2-5H2,1H3/t6-/m1/s1. The van der Waals surface area contributed by atoms with Gasteiger partial charge in [-0.1, -0.05) is 35.9 Å². The smallest absolute Gasteiger partial charge is 0.0431 e. The highest BCUT2D eigenvalue weighted by atomic mass is 127. The number of aliphatic hydroxyl groups is 1. The normalized spacial score (nSPS) is 13.9. The number of unbranched alkanes of at least 4 members (excludes halogenated alkanes) is 1. The molecule has 1 nitrogen and oxygen atoms in total. The third kappa shape index (κ3) is 6.69. The molecule has 0 aliphatic carbocycles. The summed E-state index contributed by atoms with van der Waals surface area (Å²) in [7, 11) is 0. The van der Waals surface area contributed by atoms with E-state index >= 15 is 0 Å². The average molecular weight is 228 g/mol. The van der Waals surface area contributed by atoms with E-state index in [0.717, 1.165) is 10.3 Å². The minimum absolute atomic E-state index is 0.351. The Bertz CT molecular complexity index is 45.8. The van der Waals surface area contributed by atoms with E-state index < -0.39 is 0 Å². The van der Waals surface area contributed by atoms with Crippen molar-refractivity contribution in [1.29, 1.82) is 0 Å². The zero-order valence-electron chi connectivity index (χ0n) is 5.23. The van der Waals surface area contributed by atoms with Crippen LogP contribution in [0.25, 0.3) is 0 Å². The summed E-state index contributed by atoms with van der Waals surface area (Å²) in [6, 6.07) is 0. The SMILES string of the molecule is C[C@@H](I)CCCCO. The Morgan fingerprint density at radius 3 is 2.50 bits per heavy atom. The Labute approximate surface area is 64.6 Å². The fourth-order valence-corrected chi connectivity index (χ4v) is 0.978. The molecule has 2 heteroatoms. The highest BCUT2D eigenvalue weighted by Crippen LogP contribution is 2.07. The van der Waals surface area contributed by atoms with Gasteiger partial charge in [0.05, 0.1) is 0 Å². The number of hydrogen-bond acceptors (Lipinski definition) is 1. The topological polar surface area (TPSA) is 20.2 Å². The van der Waals surface area contributed by atoms with Crippen molar-refractivity contribution in [3.8, 4) is 0 Å². The van der Waals surface area contributed by atoms with E-state index in [0.29, 0.717) is 6.61 Å². The number of hydrogen-bond donors (Lipinski definition) is 1. The maximum atomic E-state index is 8.38. The molecule has 0 amide bonds. The Kier molecular flexibility index (Phi) is 6.32. The van der Waals surface area contributed by atoms with Gasteiger partial charge in [0.2, 0.25) is 0 Å². The van der Waals surface area contributed by atoms with Gasteiger partial charge in [0.15, 0.2) is 0 Å². The second kappa shape index (κ2) is 5.82. The minimum Gasteiger partial charge on any atom is -0.396 e. The summed E-state index contributed by atoms with van der Waals surface area (Å²) < 4.78 is 0.763. The largest absolute Gasteiger partial charge is 0.396 e. The molecule has 0 aromatic heterocycles. The molecule has 0 fully saturated rings. The first-order chi connectivity index (χ1) is 3.77. The van der Waals surface area contributed by atoms with Gasteiger partial charge in [0.1, 0.15) is 0 Å². The summed E-state index contributed by atoms with van der Waals surface area (Å²) in [5.41, 5.74) is 0. The van der Waals surface area contributed by atoms with Gasteiger partial charge in [-0.2, -0.15) is 0 Å². The highest BCUT2D eigenvalue weighted by Gasteiger charge is 1.92. The van der Waals surface area contributed by atoms with Crippen LogP contribution in [0.4, 0.5) is 0 Å². The molecular formula is C6H13IO. The second-order valence-electron chi connectivity index (χ2n) is 2.00. The van der Waals surface area contributed by atoms with Gasteiger partial charge < -0.3 is 5.11 Å². The Balaban J connectivity index is 2.72. The lowest BCUT2D eigenvalue weighted by molar-refractivity contribution is 0.283. The number of alkyl halides is 1. The third-order valence-electron chi connectivity index (χ3n) is 1.01. The molecule has 0 bridgehead atoms. The first-order valence-corrected chi connectivity index (χ1v) is 4.27. The van der Waals surface area contributed by atoms with Gasteiger partial charge in [-0.25, -0.2) is 0 Å². The molecule has 0 unspecified atom stereocenters. The molecule has 0 aromatic rings. The predicted octanol–water partition coefficient (Wildman–Crippen LogP) is 1.97. The zero-order valence-corrected chi connectivity index (χ0v) is 7.39. The molecule has 0 aromatic carbocycles. The molecule has 0 aliphatic heterocycles. The van der Waals surface area contributed by atoms with Crippen LogP contribution in [-0.4, -0.2) is 15.6 Å². The predicted molar refractivity (Wildman–Crippen MR) is 44.4 cm³/mol. The van der Waals surface area contributed by atoms with Crippen LogP contribution in [0.3, 0.4) is 0 Å². The van der Waals surface area contributed by atoms with Crippen LogP contribution < -0.4 is 0 Å². The molecule has 1 atom stereocenters. The van der Waals surface area contributed by atoms with E-state index in [4.69, 9.17) is 5.11 Å². The van der Waals surface area contributed by atoms with Crippen LogP contribution in [0.5, 0.6) is 0 Å². The van der Waals surface area contributed by atoms with Gasteiger partial charge in [0.25, 0.3) is 0 Å². The third-order valence-corrected chi connectivity index (χ3v) is 1.63. The van der Waals surface area contributed by atoms with Crippen molar-refractivity contribution in [3.63, 3.8) is 0 Å². The van der Waals surface area contributed by atoms with Gasteiger partial charge in [-0.3, -0.25) is 0 Å². The molecule has 50 valence electrons. The van der Waals surface area contributed by atoms with E-state index in [1.807, 2.05) is 0 Å². The lowest BCUT2D eigenvalue weighted by atomic mass is 10.2. The van der Waals surface area contributed by atoms with E-state index in [9.17, 15) is 0 Å². The van der Waals surface area contributed by atoms with Crippen molar-refractivity contribution in [2.24, 2.45) is 0 Å². The summed E-state index contributed by atoms with van der Waals surface area (Å²) in [4.78, 5) is 0. The summed E-state index contributed by atoms with van der Waals surface area (Å²) in [6.07, 6.45) is 3.37. The molecule has 8 heavy (non-hydrogen) atoms. The quantitative estimate of drug-likeness (QED) is 0.443. The second-order valence-corrected chi connectivity index (χ2v) is 4.13. The highest BCUT2D eigenvalue weighted by molar-refractivity contribution is 14.1. The van der Waals surface area contributed by atoms with Gasteiger partial charge >= 0.3 is 0 Å². The van der Waals surface area contributed by atoms with Crippen molar-refractivity contribution in [3.05, 3.63) is 0 Å². The van der Waals surface area contributed by atoms with Crippen molar-refractivity contribution in [2.75, 3.05) is 6.61 Å². The molecule has 0 spiro atoms. The van der Waals surface area contributed by atoms with Crippen molar-refractivity contribution in [2.45, 2.75) is 30.1 Å². The molecule has 0 radical (unpaired) electrons. The van der Waals surface area contributed by atoms with Crippen LogP contribution in [0.2, 0.25) is 0 Å². The van der Waals surface area contributed by atoms with Crippen LogP contribution in [-0.2, 0) is 0 Å². The van der Waals surface area contributed by atoms with Crippen molar-refractivity contribution >= 4 is 22.6 Å². The number of aliphatic hydroxyl groups excluding tert-OH is 1. The zero-order chi connectivity index (χ0) is 6.41. The Morgan fingerprint density at radius 1 is 1.50 bits per heavy atom. The Morgan fingerprint density at radius 2 is 2.12 bits per heavy atom. The number of halogens is 1. The summed E-state index contributed by atoms with van der Waals surface area (Å²) >= 11 is 2.40. The average Bonchev–Trinajstić information content (AvgIpc) is 1.66. The number of rotatable bonds is 4. The van der Waals surface area contributed by atoms with E-state index in [1.165, 1.54) is 12.8 Å². The first-order valence-electron chi connectivity index (χ1n) is 3.02. The lowest BCUT2D eigenvalue weighted by Crippen LogP contribution is -1.90. The van der Waals surface area contributed by atoms with Crippen molar-refractivity contribution in [1.82, 2.24) is 0 Å². The van der Waals surface area contributed by atoms with Crippen LogP contribution in [0, 0.1) is 0 Å². The van der Waals surface area contributed by atoms with Crippen LogP contribution >= 0.6 is 22.6 Å². The summed E-state index contributed by atoms with van der Waals surface area (Å²) in [6.45, 7) is 2.54. The monoisotopic (exact) mass is 228 g/mol. The van der Waals surface area contributed by atoms with Gasteiger partial charge in [-0.15, -0.1) is 0 Å². The summed E-state index contributed by atoms with van der Waals surface area (Å²) in [5, 5.41) is 8.38. The maximum Gasteiger partial charge on any atom is 0.0431 e. The van der Waals surface area contributed by atoms with Gasteiger partial charge in [-0.05, 0) is 12.8 Å². The first kappa shape index (κ1) is 8.69. The fourth-order valence-electron chi connectivity index (χ4n) is 0.537. The molecule has 0 saturated heterocycles. The molecule has 0 rings (SSSR count). The van der Waals surface area contributed by atoms with E-state index in [1.54, 1.807) is 0 Å². The van der Waals surface area contributed by atoms with E-state index in [2.05, 4.69) is 29.5 Å². The maximum absolute atomic E-state index is 8.38. The molecule has 0 aliphatic rings. The molecule has 0 heterocycles. The van der Waals surface area contributed by atoms with E-state index in [-0.39, 0.29) is 0 Å². The molecule has 1 N–H and O–H groups in total. The minimum atomic E-state index is 0.351. The van der Waals surface area contributed by atoms with Crippen LogP contribution in [0.15, 0.2) is 0 Å². The summed E-state index contributed by atoms with van der Waals surface area (Å²) in [5.74, 6) is 0. The molecular weight excluding hydrogens is 215 g/mol.